The van der Waals surface area contributed by atoms with Crippen molar-refractivity contribution < 1.29 is 4.79 Å². The summed E-state index contributed by atoms with van der Waals surface area (Å²) < 4.78 is 1.89. The van der Waals surface area contributed by atoms with Crippen LogP contribution < -0.4 is 5.73 Å². The highest BCUT2D eigenvalue weighted by Crippen LogP contribution is 2.21. The molecule has 0 saturated carbocycles. The van der Waals surface area contributed by atoms with Crippen LogP contribution in [0.4, 0.5) is 0 Å². The van der Waals surface area contributed by atoms with Crippen LogP contribution in [0.1, 0.15) is 28.8 Å². The summed E-state index contributed by atoms with van der Waals surface area (Å²) in [6.45, 7) is 2.86. The Kier molecular flexibility index (Phi) is 3.96. The van der Waals surface area contributed by atoms with Gasteiger partial charge in [-0.2, -0.15) is 5.10 Å². The Hall–Kier alpha value is -2.21. The first-order valence-electron chi connectivity index (χ1n) is 7.17. The van der Waals surface area contributed by atoms with Crippen LogP contribution in [0.15, 0.2) is 36.9 Å². The number of nitrogens with two attached hydrogens (primary N) is 1. The second-order valence-corrected chi connectivity index (χ2v) is 5.45. The van der Waals surface area contributed by atoms with Crippen molar-refractivity contribution in [2.75, 3.05) is 6.54 Å². The molecule has 0 bridgehead atoms. The third kappa shape index (κ3) is 3.28. The zero-order chi connectivity index (χ0) is 14.7. The largest absolute Gasteiger partial charge is 0.366 e. The molecule has 0 unspecified atom stereocenters. The van der Waals surface area contributed by atoms with Crippen molar-refractivity contribution in [2.24, 2.45) is 5.73 Å². The molecule has 6 heteroatoms. The molecule has 1 amide bonds. The predicted molar refractivity (Wildman–Crippen MR) is 78.4 cm³/mol. The quantitative estimate of drug-likeness (QED) is 0.890. The molecule has 0 aliphatic carbocycles. The topological polar surface area (TPSA) is 77.0 Å². The smallest absolute Gasteiger partial charge is 0.248 e. The first-order chi connectivity index (χ1) is 10.2. The molecule has 3 rings (SSSR count). The molecule has 110 valence electrons. The van der Waals surface area contributed by atoms with Crippen LogP contribution in [0, 0.1) is 0 Å². The van der Waals surface area contributed by atoms with Gasteiger partial charge >= 0.3 is 0 Å². The summed E-state index contributed by atoms with van der Waals surface area (Å²) in [5.74, 6) is -0.383. The molecule has 1 fully saturated rings. The van der Waals surface area contributed by atoms with Gasteiger partial charge in [0.15, 0.2) is 0 Å². The van der Waals surface area contributed by atoms with E-state index in [4.69, 9.17) is 5.73 Å². The van der Waals surface area contributed by atoms with Crippen LogP contribution in [0.3, 0.4) is 0 Å². The van der Waals surface area contributed by atoms with Crippen molar-refractivity contribution in [3.8, 4) is 0 Å². The van der Waals surface area contributed by atoms with Crippen LogP contribution in [0.5, 0.6) is 0 Å². The second-order valence-electron chi connectivity index (χ2n) is 5.45. The average Bonchev–Trinajstić information content (AvgIpc) is 3.13. The fourth-order valence-electron chi connectivity index (χ4n) is 2.86. The Morgan fingerprint density at radius 1 is 1.33 bits per heavy atom. The molecule has 2 N–H and O–H groups in total. The number of rotatable bonds is 5. The fraction of sp³-hybridized carbons (Fsp3) is 0.400. The molecule has 6 nitrogen and oxygen atoms in total. The Balaban J connectivity index is 1.64. The van der Waals surface area contributed by atoms with Crippen molar-refractivity contribution >= 4 is 5.91 Å². The molecular formula is C15H19N5O. The zero-order valence-electron chi connectivity index (χ0n) is 11.9. The molecule has 1 aromatic heterocycles. The van der Waals surface area contributed by atoms with E-state index in [0.717, 1.165) is 19.6 Å². The van der Waals surface area contributed by atoms with Gasteiger partial charge in [0.05, 0.1) is 6.54 Å². The number of likely N-dealkylation sites (tertiary alicyclic amines) is 1. The second kappa shape index (κ2) is 6.05. The summed E-state index contributed by atoms with van der Waals surface area (Å²) in [5, 5.41) is 4.18. The number of benzene rings is 1. The minimum absolute atomic E-state index is 0.383. The zero-order valence-corrected chi connectivity index (χ0v) is 11.9. The Morgan fingerprint density at radius 2 is 2.14 bits per heavy atom. The molecule has 1 atom stereocenters. The minimum Gasteiger partial charge on any atom is -0.366 e. The number of hydrogen-bond acceptors (Lipinski definition) is 4. The van der Waals surface area contributed by atoms with E-state index in [9.17, 15) is 4.79 Å². The number of hydrogen-bond donors (Lipinski definition) is 1. The number of aromatic nitrogens is 3. The molecule has 2 heterocycles. The van der Waals surface area contributed by atoms with Gasteiger partial charge in [0, 0.05) is 18.2 Å². The first kappa shape index (κ1) is 13.8. The highest BCUT2D eigenvalue weighted by atomic mass is 16.1. The van der Waals surface area contributed by atoms with E-state index in [2.05, 4.69) is 15.0 Å². The van der Waals surface area contributed by atoms with Crippen LogP contribution in [-0.4, -0.2) is 38.2 Å². The summed E-state index contributed by atoms with van der Waals surface area (Å²) in [6.07, 6.45) is 5.72. The van der Waals surface area contributed by atoms with Crippen molar-refractivity contribution in [3.05, 3.63) is 48.0 Å². The molecule has 0 radical (unpaired) electrons. The van der Waals surface area contributed by atoms with Gasteiger partial charge in [0.1, 0.15) is 12.7 Å². The van der Waals surface area contributed by atoms with E-state index in [1.807, 2.05) is 16.8 Å². The van der Waals surface area contributed by atoms with E-state index in [1.54, 1.807) is 24.8 Å². The lowest BCUT2D eigenvalue weighted by Crippen LogP contribution is -2.32. The fourth-order valence-corrected chi connectivity index (χ4v) is 2.86. The number of carbonyl (C=O) groups excluding carboxylic acids is 1. The number of carbonyl (C=O) groups is 1. The van der Waals surface area contributed by atoms with Crippen LogP contribution in [0.2, 0.25) is 0 Å². The molecule has 1 saturated heterocycles. The number of nitrogens with zero attached hydrogens (tertiary/aromatic N) is 4. The average molecular weight is 285 g/mol. The van der Waals surface area contributed by atoms with Gasteiger partial charge in [0.25, 0.3) is 0 Å². The van der Waals surface area contributed by atoms with Gasteiger partial charge in [-0.25, -0.2) is 4.98 Å². The lowest BCUT2D eigenvalue weighted by atomic mass is 10.1. The third-order valence-corrected chi connectivity index (χ3v) is 3.99. The van der Waals surface area contributed by atoms with Crippen LogP contribution in [-0.2, 0) is 13.1 Å². The van der Waals surface area contributed by atoms with E-state index < -0.39 is 0 Å². The summed E-state index contributed by atoms with van der Waals surface area (Å²) in [4.78, 5) is 17.5. The van der Waals surface area contributed by atoms with E-state index in [-0.39, 0.29) is 5.91 Å². The first-order valence-corrected chi connectivity index (χ1v) is 7.17. The highest BCUT2D eigenvalue weighted by Gasteiger charge is 2.25. The third-order valence-electron chi connectivity index (χ3n) is 3.99. The summed E-state index contributed by atoms with van der Waals surface area (Å²) in [6, 6.07) is 8.03. The lowest BCUT2D eigenvalue weighted by Gasteiger charge is -2.24. The lowest BCUT2D eigenvalue weighted by molar-refractivity contribution is 0.100. The molecule has 1 aliphatic heterocycles. The van der Waals surface area contributed by atoms with E-state index in [1.165, 1.54) is 18.4 Å². The van der Waals surface area contributed by atoms with Crippen molar-refractivity contribution in [2.45, 2.75) is 32.0 Å². The van der Waals surface area contributed by atoms with Gasteiger partial charge < -0.3 is 5.73 Å². The van der Waals surface area contributed by atoms with Gasteiger partial charge in [-0.3, -0.25) is 14.4 Å². The summed E-state index contributed by atoms with van der Waals surface area (Å²) >= 11 is 0. The predicted octanol–water partition coefficient (Wildman–Crippen LogP) is 1.04. The molecular weight excluding hydrogens is 266 g/mol. The maximum Gasteiger partial charge on any atom is 0.248 e. The van der Waals surface area contributed by atoms with E-state index >= 15 is 0 Å². The van der Waals surface area contributed by atoms with Crippen molar-refractivity contribution in [3.63, 3.8) is 0 Å². The monoisotopic (exact) mass is 285 g/mol. The van der Waals surface area contributed by atoms with Gasteiger partial charge in [-0.1, -0.05) is 12.1 Å². The number of primary amides is 1. The molecule has 21 heavy (non-hydrogen) atoms. The minimum atomic E-state index is -0.383. The molecule has 1 aromatic carbocycles. The van der Waals surface area contributed by atoms with Crippen molar-refractivity contribution in [1.29, 1.82) is 0 Å². The van der Waals surface area contributed by atoms with Crippen molar-refractivity contribution in [1.82, 2.24) is 19.7 Å². The molecule has 0 spiro atoms. The summed E-state index contributed by atoms with van der Waals surface area (Å²) in [5.41, 5.74) is 7.01. The maximum absolute atomic E-state index is 11.1. The number of amides is 1. The normalized spacial score (nSPS) is 19.0. The molecule has 2 aromatic rings. The van der Waals surface area contributed by atoms with Gasteiger partial charge in [0.2, 0.25) is 5.91 Å². The Bertz CT molecular complexity index is 593. The van der Waals surface area contributed by atoms with Gasteiger partial charge in [-0.05, 0) is 37.1 Å². The highest BCUT2D eigenvalue weighted by molar-refractivity contribution is 5.92. The Labute approximate surface area is 123 Å². The van der Waals surface area contributed by atoms with E-state index in [0.29, 0.717) is 11.6 Å². The van der Waals surface area contributed by atoms with Crippen LogP contribution in [0.25, 0.3) is 0 Å². The SMILES string of the molecule is NC(=O)c1ccc(CN2CCC[C@@H]2Cn2cncn2)cc1. The summed E-state index contributed by atoms with van der Waals surface area (Å²) in [7, 11) is 0. The molecule has 1 aliphatic rings. The van der Waals surface area contributed by atoms with Crippen LogP contribution >= 0.6 is 0 Å². The standard InChI is InChI=1S/C15H19N5O/c16-15(21)13-5-3-12(4-6-13)8-19-7-1-2-14(19)9-20-11-17-10-18-20/h3-6,10-11,14H,1-2,7-9H2,(H2,16,21)/t14-/m1/s1. The maximum atomic E-state index is 11.1. The Morgan fingerprint density at radius 3 is 2.81 bits per heavy atom. The van der Waals surface area contributed by atoms with Gasteiger partial charge in [-0.15, -0.1) is 0 Å².